The van der Waals surface area contributed by atoms with E-state index in [0.717, 1.165) is 21.8 Å². The summed E-state index contributed by atoms with van der Waals surface area (Å²) in [5.74, 6) is 1.61. The van der Waals surface area contributed by atoms with Gasteiger partial charge >= 0.3 is 0 Å². The lowest BCUT2D eigenvalue weighted by Crippen LogP contribution is -2.15. The number of carbonyl (C=O) groups is 1. The molecule has 0 radical (unpaired) electrons. The Bertz CT molecular complexity index is 1110. The number of nitrogens with one attached hydrogen (secondary N) is 1. The topological polar surface area (TPSA) is 81.9 Å². The standard InChI is InChI=1S/C21H21N5O2S2/c1-3-26-19(14(2)28-15-9-5-4-6-10-15)24-25-21(26)29-13-18(27)23-20-22-16-11-7-8-12-17(16)30-20/h4-12,14H,3,13H2,1-2H3,(H,22,23,27). The number of hydrogen-bond acceptors (Lipinski definition) is 7. The minimum absolute atomic E-state index is 0.125. The molecule has 0 spiro atoms. The third-order valence-electron chi connectivity index (χ3n) is 4.35. The molecule has 0 bridgehead atoms. The number of amides is 1. The van der Waals surface area contributed by atoms with Crippen molar-refractivity contribution >= 4 is 44.4 Å². The van der Waals surface area contributed by atoms with Gasteiger partial charge in [-0.3, -0.25) is 4.79 Å². The third-order valence-corrected chi connectivity index (χ3v) is 6.27. The maximum atomic E-state index is 12.4. The van der Waals surface area contributed by atoms with Gasteiger partial charge in [-0.05, 0) is 38.1 Å². The van der Waals surface area contributed by atoms with Gasteiger partial charge in [-0.25, -0.2) is 4.98 Å². The van der Waals surface area contributed by atoms with Crippen molar-refractivity contribution in [3.8, 4) is 5.75 Å². The molecule has 1 N–H and O–H groups in total. The first-order valence-corrected chi connectivity index (χ1v) is 11.4. The Balaban J connectivity index is 1.38. The van der Waals surface area contributed by atoms with Crippen LogP contribution in [0.3, 0.4) is 0 Å². The van der Waals surface area contributed by atoms with Gasteiger partial charge in [0.2, 0.25) is 5.91 Å². The second-order valence-corrected chi connectivity index (χ2v) is 8.45. The Morgan fingerprint density at radius 2 is 1.93 bits per heavy atom. The van der Waals surface area contributed by atoms with Crippen LogP contribution in [0.15, 0.2) is 59.8 Å². The van der Waals surface area contributed by atoms with E-state index in [1.165, 1.54) is 23.1 Å². The quantitative estimate of drug-likeness (QED) is 0.398. The van der Waals surface area contributed by atoms with Crippen LogP contribution >= 0.6 is 23.1 Å². The van der Waals surface area contributed by atoms with Gasteiger partial charge in [-0.1, -0.05) is 53.4 Å². The Morgan fingerprint density at radius 3 is 2.70 bits per heavy atom. The number of carbonyl (C=O) groups excluding carboxylic acids is 1. The van der Waals surface area contributed by atoms with Crippen molar-refractivity contribution in [2.24, 2.45) is 0 Å². The molecule has 30 heavy (non-hydrogen) atoms. The molecule has 2 aromatic carbocycles. The molecule has 0 fully saturated rings. The van der Waals surface area contributed by atoms with Gasteiger partial charge < -0.3 is 14.6 Å². The molecule has 4 rings (SSSR count). The predicted molar refractivity (Wildman–Crippen MR) is 120 cm³/mol. The fourth-order valence-corrected chi connectivity index (χ4v) is 4.66. The minimum atomic E-state index is -0.259. The lowest BCUT2D eigenvalue weighted by atomic mass is 10.3. The maximum absolute atomic E-state index is 12.4. The monoisotopic (exact) mass is 439 g/mol. The number of nitrogens with zero attached hydrogens (tertiary/aromatic N) is 4. The number of thiazole rings is 1. The molecule has 0 aliphatic carbocycles. The van der Waals surface area contributed by atoms with Crippen LogP contribution in [0.5, 0.6) is 5.75 Å². The number of hydrogen-bond donors (Lipinski definition) is 1. The number of aromatic nitrogens is 4. The predicted octanol–water partition coefficient (Wildman–Crippen LogP) is 4.78. The number of para-hydroxylation sites is 2. The lowest BCUT2D eigenvalue weighted by Gasteiger charge is -2.15. The highest BCUT2D eigenvalue weighted by Crippen LogP contribution is 2.27. The van der Waals surface area contributed by atoms with Crippen molar-refractivity contribution in [2.75, 3.05) is 11.1 Å². The summed E-state index contributed by atoms with van der Waals surface area (Å²) in [6, 6.07) is 17.4. The van der Waals surface area contributed by atoms with Crippen LogP contribution in [0.4, 0.5) is 5.13 Å². The third kappa shape index (κ3) is 4.63. The summed E-state index contributed by atoms with van der Waals surface area (Å²) < 4.78 is 8.99. The molecular formula is C21H21N5O2S2. The van der Waals surface area contributed by atoms with Gasteiger partial charge in [0.05, 0.1) is 16.0 Å². The van der Waals surface area contributed by atoms with E-state index in [4.69, 9.17) is 4.74 Å². The largest absolute Gasteiger partial charge is 0.483 e. The van der Waals surface area contributed by atoms with Gasteiger partial charge in [0.1, 0.15) is 5.75 Å². The highest BCUT2D eigenvalue weighted by atomic mass is 32.2. The zero-order valence-corrected chi connectivity index (χ0v) is 18.2. The molecule has 1 unspecified atom stereocenters. The molecule has 1 amide bonds. The summed E-state index contributed by atoms with van der Waals surface area (Å²) in [6.45, 7) is 4.65. The molecule has 154 valence electrons. The number of rotatable bonds is 8. The fraction of sp³-hybridized carbons (Fsp3) is 0.238. The van der Waals surface area contributed by atoms with Crippen molar-refractivity contribution in [3.05, 3.63) is 60.4 Å². The summed E-state index contributed by atoms with van der Waals surface area (Å²) >= 11 is 2.81. The van der Waals surface area contributed by atoms with Gasteiger partial charge in [0.25, 0.3) is 0 Å². The smallest absolute Gasteiger partial charge is 0.236 e. The van der Waals surface area contributed by atoms with Crippen molar-refractivity contribution in [3.63, 3.8) is 0 Å². The average molecular weight is 440 g/mol. The van der Waals surface area contributed by atoms with Crippen molar-refractivity contribution in [2.45, 2.75) is 31.7 Å². The summed E-state index contributed by atoms with van der Waals surface area (Å²) in [4.78, 5) is 16.8. The molecule has 2 aromatic heterocycles. The lowest BCUT2D eigenvalue weighted by molar-refractivity contribution is -0.113. The van der Waals surface area contributed by atoms with E-state index in [1.807, 2.05) is 73.0 Å². The Hall–Kier alpha value is -2.91. The number of thioether (sulfide) groups is 1. The Morgan fingerprint density at radius 1 is 1.17 bits per heavy atom. The van der Waals surface area contributed by atoms with Crippen LogP contribution in [0.1, 0.15) is 25.8 Å². The number of anilines is 1. The van der Waals surface area contributed by atoms with Crippen molar-refractivity contribution < 1.29 is 9.53 Å². The van der Waals surface area contributed by atoms with E-state index in [9.17, 15) is 4.79 Å². The van der Waals surface area contributed by atoms with Gasteiger partial charge in [-0.2, -0.15) is 0 Å². The van der Waals surface area contributed by atoms with Crippen LogP contribution in [0.2, 0.25) is 0 Å². The van der Waals surface area contributed by atoms with Crippen LogP contribution in [0, 0.1) is 0 Å². The van der Waals surface area contributed by atoms with Crippen LogP contribution in [-0.2, 0) is 11.3 Å². The molecule has 0 aliphatic rings. The van der Waals surface area contributed by atoms with Crippen LogP contribution < -0.4 is 10.1 Å². The van der Waals surface area contributed by atoms with Gasteiger partial charge in [0, 0.05) is 6.54 Å². The normalized spacial score (nSPS) is 12.1. The SMILES string of the molecule is CCn1c(SCC(=O)Nc2nc3ccccc3s2)nnc1C(C)Oc1ccccc1. The van der Waals surface area contributed by atoms with E-state index >= 15 is 0 Å². The highest BCUT2D eigenvalue weighted by molar-refractivity contribution is 7.99. The van der Waals surface area contributed by atoms with Crippen LogP contribution in [-0.4, -0.2) is 31.4 Å². The van der Waals surface area contributed by atoms with Crippen molar-refractivity contribution in [1.29, 1.82) is 0 Å². The van der Waals surface area contributed by atoms with E-state index in [1.54, 1.807) is 0 Å². The summed E-state index contributed by atoms with van der Waals surface area (Å²) in [6.07, 6.45) is -0.259. The molecule has 1 atom stereocenters. The fourth-order valence-electron chi connectivity index (χ4n) is 2.97. The number of fused-ring (bicyclic) bond motifs is 1. The summed E-state index contributed by atoms with van der Waals surface area (Å²) in [5, 5.41) is 12.7. The maximum Gasteiger partial charge on any atom is 0.236 e. The van der Waals surface area contributed by atoms with Gasteiger partial charge in [-0.15, -0.1) is 10.2 Å². The zero-order chi connectivity index (χ0) is 20.9. The van der Waals surface area contributed by atoms with E-state index in [0.29, 0.717) is 16.8 Å². The number of ether oxygens (including phenoxy) is 1. The molecular weight excluding hydrogens is 418 g/mol. The Labute approximate surface area is 182 Å². The summed E-state index contributed by atoms with van der Waals surface area (Å²) in [7, 11) is 0. The second-order valence-electron chi connectivity index (χ2n) is 6.48. The summed E-state index contributed by atoms with van der Waals surface area (Å²) in [5.41, 5.74) is 0.883. The van der Waals surface area contributed by atoms with E-state index < -0.39 is 0 Å². The first kappa shape index (κ1) is 20.4. The first-order chi connectivity index (χ1) is 14.6. The molecule has 0 saturated carbocycles. The van der Waals surface area contributed by atoms with Gasteiger partial charge in [0.15, 0.2) is 22.2 Å². The first-order valence-electron chi connectivity index (χ1n) is 9.57. The molecule has 9 heteroatoms. The second kappa shape index (κ2) is 9.27. The minimum Gasteiger partial charge on any atom is -0.483 e. The number of benzene rings is 2. The molecule has 0 saturated heterocycles. The van der Waals surface area contributed by atoms with E-state index in [2.05, 4.69) is 20.5 Å². The molecule has 7 nitrogen and oxygen atoms in total. The van der Waals surface area contributed by atoms with Crippen LogP contribution in [0.25, 0.3) is 10.2 Å². The molecule has 4 aromatic rings. The van der Waals surface area contributed by atoms with Crippen molar-refractivity contribution in [1.82, 2.24) is 19.7 Å². The highest BCUT2D eigenvalue weighted by Gasteiger charge is 2.19. The molecule has 0 aliphatic heterocycles. The Kier molecular flexibility index (Phi) is 6.29. The average Bonchev–Trinajstić information content (AvgIpc) is 3.36. The molecule has 2 heterocycles. The zero-order valence-electron chi connectivity index (χ0n) is 16.6. The van der Waals surface area contributed by atoms with E-state index in [-0.39, 0.29) is 17.8 Å².